The van der Waals surface area contributed by atoms with Crippen LogP contribution in [0, 0.1) is 18.3 Å². The number of aryl methyl sites for hydroxylation is 1. The average Bonchev–Trinajstić information content (AvgIpc) is 2.54. The van der Waals surface area contributed by atoms with Crippen LogP contribution >= 0.6 is 0 Å². The summed E-state index contributed by atoms with van der Waals surface area (Å²) in [6, 6.07) is 7.51. The molecule has 1 saturated carbocycles. The molecule has 1 aromatic rings. The Bertz CT molecular complexity index is 601. The van der Waals surface area contributed by atoms with E-state index in [1.54, 1.807) is 6.92 Å². The van der Waals surface area contributed by atoms with Crippen molar-refractivity contribution in [1.29, 1.82) is 0 Å². The highest BCUT2D eigenvalue weighted by Gasteiger charge is 2.61. The third kappa shape index (κ3) is 2.76. The molecule has 0 saturated heterocycles. The Morgan fingerprint density at radius 1 is 1.04 bits per heavy atom. The van der Waals surface area contributed by atoms with Gasteiger partial charge in [0, 0.05) is 18.8 Å². The maximum absolute atomic E-state index is 12.6. The fourth-order valence-corrected chi connectivity index (χ4v) is 3.61. The number of benzene rings is 1. The van der Waals surface area contributed by atoms with Crippen LogP contribution in [0.5, 0.6) is 0 Å². The van der Waals surface area contributed by atoms with E-state index < -0.39 is 29.2 Å². The van der Waals surface area contributed by atoms with Crippen LogP contribution in [-0.4, -0.2) is 31.9 Å². The first-order valence-corrected chi connectivity index (χ1v) is 7.63. The van der Waals surface area contributed by atoms with Crippen molar-refractivity contribution in [1.82, 2.24) is 0 Å². The second kappa shape index (κ2) is 6.52. The van der Waals surface area contributed by atoms with Gasteiger partial charge in [-0.05, 0) is 18.4 Å². The molecule has 0 unspecified atom stereocenters. The van der Waals surface area contributed by atoms with Gasteiger partial charge in [0.05, 0.1) is 14.2 Å². The maximum atomic E-state index is 12.6. The zero-order chi connectivity index (χ0) is 17.2. The summed E-state index contributed by atoms with van der Waals surface area (Å²) in [7, 11) is 2.50. The summed E-state index contributed by atoms with van der Waals surface area (Å²) < 4.78 is 9.89. The average molecular weight is 318 g/mol. The topological polar surface area (TPSA) is 69.7 Å². The van der Waals surface area contributed by atoms with E-state index >= 15 is 0 Å². The number of carbonyl (C=O) groups is 3. The van der Waals surface area contributed by atoms with Crippen molar-refractivity contribution in [2.24, 2.45) is 11.3 Å². The van der Waals surface area contributed by atoms with Crippen molar-refractivity contribution in [2.75, 3.05) is 14.2 Å². The van der Waals surface area contributed by atoms with Crippen LogP contribution < -0.4 is 0 Å². The number of rotatable bonds is 3. The molecule has 0 N–H and O–H groups in total. The Balaban J connectivity index is 2.64. The normalized spacial score (nSPS) is 23.2. The van der Waals surface area contributed by atoms with Gasteiger partial charge >= 0.3 is 11.9 Å². The Morgan fingerprint density at radius 3 is 2.04 bits per heavy atom. The first kappa shape index (κ1) is 17.2. The lowest BCUT2D eigenvalue weighted by molar-refractivity contribution is -0.178. The molecule has 124 valence electrons. The van der Waals surface area contributed by atoms with Crippen molar-refractivity contribution >= 4 is 17.7 Å². The lowest BCUT2D eigenvalue weighted by atomic mass is 9.58. The second-order valence-electron chi connectivity index (χ2n) is 6.16. The van der Waals surface area contributed by atoms with Crippen LogP contribution in [0.1, 0.15) is 36.8 Å². The molecule has 5 heteroatoms. The van der Waals surface area contributed by atoms with E-state index in [2.05, 4.69) is 0 Å². The molecule has 1 aliphatic rings. The molecule has 1 aromatic carbocycles. The fourth-order valence-electron chi connectivity index (χ4n) is 3.61. The SMILES string of the molecule is COC(=O)C1(C(=O)OC)[C@@H](c2ccc(C)cc2)CC(=O)C[C@@H]1C. The molecule has 2 atom stereocenters. The van der Waals surface area contributed by atoms with E-state index in [1.165, 1.54) is 14.2 Å². The molecule has 5 nitrogen and oxygen atoms in total. The zero-order valence-electron chi connectivity index (χ0n) is 13.9. The smallest absolute Gasteiger partial charge is 0.324 e. The van der Waals surface area contributed by atoms with Crippen LogP contribution in [0.25, 0.3) is 0 Å². The first-order chi connectivity index (χ1) is 10.9. The van der Waals surface area contributed by atoms with Gasteiger partial charge in [-0.3, -0.25) is 14.4 Å². The molecule has 0 aliphatic heterocycles. The molecular formula is C18H22O5. The van der Waals surface area contributed by atoms with Crippen molar-refractivity contribution in [2.45, 2.75) is 32.6 Å². The number of carbonyl (C=O) groups excluding carboxylic acids is 3. The van der Waals surface area contributed by atoms with Gasteiger partial charge in [-0.1, -0.05) is 36.8 Å². The van der Waals surface area contributed by atoms with Gasteiger partial charge in [0.1, 0.15) is 5.78 Å². The molecule has 1 aliphatic carbocycles. The molecular weight excluding hydrogens is 296 g/mol. The zero-order valence-corrected chi connectivity index (χ0v) is 13.9. The predicted molar refractivity (Wildman–Crippen MR) is 83.8 cm³/mol. The maximum Gasteiger partial charge on any atom is 0.324 e. The summed E-state index contributed by atoms with van der Waals surface area (Å²) in [5, 5.41) is 0. The summed E-state index contributed by atoms with van der Waals surface area (Å²) in [5.41, 5.74) is 0.337. The van der Waals surface area contributed by atoms with Crippen molar-refractivity contribution in [3.63, 3.8) is 0 Å². The molecule has 0 radical (unpaired) electrons. The van der Waals surface area contributed by atoms with Crippen LogP contribution in [0.3, 0.4) is 0 Å². The van der Waals surface area contributed by atoms with Crippen molar-refractivity contribution < 1.29 is 23.9 Å². The number of hydrogen-bond acceptors (Lipinski definition) is 5. The Morgan fingerprint density at radius 2 is 1.57 bits per heavy atom. The molecule has 0 bridgehead atoms. The number of ketones is 1. The summed E-state index contributed by atoms with van der Waals surface area (Å²) in [5.74, 6) is -2.33. The minimum atomic E-state index is -1.49. The number of methoxy groups -OCH3 is 2. The van der Waals surface area contributed by atoms with Crippen LogP contribution in [0.2, 0.25) is 0 Å². The van der Waals surface area contributed by atoms with Gasteiger partial charge in [-0.15, -0.1) is 0 Å². The van der Waals surface area contributed by atoms with Crippen LogP contribution in [-0.2, 0) is 23.9 Å². The minimum Gasteiger partial charge on any atom is -0.468 e. The molecule has 0 spiro atoms. The molecule has 2 rings (SSSR count). The van der Waals surface area contributed by atoms with Crippen LogP contribution in [0.15, 0.2) is 24.3 Å². The quantitative estimate of drug-likeness (QED) is 0.632. The van der Waals surface area contributed by atoms with Gasteiger partial charge in [0.25, 0.3) is 0 Å². The van der Waals surface area contributed by atoms with Crippen LogP contribution in [0.4, 0.5) is 0 Å². The summed E-state index contributed by atoms with van der Waals surface area (Å²) in [4.78, 5) is 37.4. The highest BCUT2D eigenvalue weighted by atomic mass is 16.5. The fraction of sp³-hybridized carbons (Fsp3) is 0.500. The van der Waals surface area contributed by atoms with Gasteiger partial charge in [-0.2, -0.15) is 0 Å². The van der Waals surface area contributed by atoms with Gasteiger partial charge < -0.3 is 9.47 Å². The van der Waals surface area contributed by atoms with Crippen molar-refractivity contribution in [3.8, 4) is 0 Å². The third-order valence-electron chi connectivity index (χ3n) is 4.82. The highest BCUT2D eigenvalue weighted by Crippen LogP contribution is 2.51. The Labute approximate surface area is 136 Å². The summed E-state index contributed by atoms with van der Waals surface area (Å²) in [6.45, 7) is 3.68. The predicted octanol–water partition coefficient (Wildman–Crippen LogP) is 2.41. The summed E-state index contributed by atoms with van der Waals surface area (Å²) in [6.07, 6.45) is 0.282. The number of ether oxygens (including phenoxy) is 2. The van der Waals surface area contributed by atoms with E-state index in [4.69, 9.17) is 9.47 Å². The van der Waals surface area contributed by atoms with E-state index in [0.717, 1.165) is 11.1 Å². The monoisotopic (exact) mass is 318 g/mol. The van der Waals surface area contributed by atoms with E-state index in [9.17, 15) is 14.4 Å². The van der Waals surface area contributed by atoms with E-state index in [-0.39, 0.29) is 18.6 Å². The molecule has 0 aromatic heterocycles. The lowest BCUT2D eigenvalue weighted by Crippen LogP contribution is -2.54. The number of hydrogen-bond donors (Lipinski definition) is 0. The van der Waals surface area contributed by atoms with E-state index in [1.807, 2.05) is 31.2 Å². The standard InChI is InChI=1S/C18H22O5/c1-11-5-7-13(8-6-11)15-10-14(19)9-12(2)18(15,16(20)22-3)17(21)23-4/h5-8,12,15H,9-10H2,1-4H3/t12-,15+/m0/s1. The number of Topliss-reactive ketones (excluding diaryl/α,β-unsaturated/α-hetero) is 1. The Kier molecular flexibility index (Phi) is 4.88. The highest BCUT2D eigenvalue weighted by molar-refractivity contribution is 6.04. The molecule has 23 heavy (non-hydrogen) atoms. The van der Waals surface area contributed by atoms with E-state index in [0.29, 0.717) is 0 Å². The molecule has 1 fully saturated rings. The lowest BCUT2D eigenvalue weighted by Gasteiger charge is -2.43. The first-order valence-electron chi connectivity index (χ1n) is 7.63. The summed E-state index contributed by atoms with van der Waals surface area (Å²) >= 11 is 0. The number of esters is 2. The van der Waals surface area contributed by atoms with Gasteiger partial charge in [0.2, 0.25) is 0 Å². The Hall–Kier alpha value is -2.17. The van der Waals surface area contributed by atoms with Gasteiger partial charge in [-0.25, -0.2) is 0 Å². The third-order valence-corrected chi connectivity index (χ3v) is 4.82. The molecule has 0 heterocycles. The van der Waals surface area contributed by atoms with Gasteiger partial charge in [0.15, 0.2) is 5.41 Å². The minimum absolute atomic E-state index is 0.0338. The largest absolute Gasteiger partial charge is 0.468 e. The second-order valence-corrected chi connectivity index (χ2v) is 6.16. The van der Waals surface area contributed by atoms with Crippen molar-refractivity contribution in [3.05, 3.63) is 35.4 Å². The molecule has 0 amide bonds.